The average Bonchev–Trinajstić information content (AvgIpc) is 2.61. The van der Waals surface area contributed by atoms with Gasteiger partial charge in [0.2, 0.25) is 5.91 Å². The number of carboxylic acids is 1. The summed E-state index contributed by atoms with van der Waals surface area (Å²) >= 11 is 0. The Kier molecular flexibility index (Phi) is 7.01. The van der Waals surface area contributed by atoms with Crippen LogP contribution < -0.4 is 10.1 Å². The van der Waals surface area contributed by atoms with Crippen LogP contribution in [0.4, 0.5) is 5.69 Å². The van der Waals surface area contributed by atoms with Crippen molar-refractivity contribution in [2.75, 3.05) is 11.9 Å². The van der Waals surface area contributed by atoms with Gasteiger partial charge in [-0.2, -0.15) is 0 Å². The molecular formula is C20H23NO4. The third-order valence-corrected chi connectivity index (χ3v) is 3.74. The van der Waals surface area contributed by atoms with Crippen molar-refractivity contribution in [1.82, 2.24) is 0 Å². The van der Waals surface area contributed by atoms with Gasteiger partial charge >= 0.3 is 5.97 Å². The largest absolute Gasteiger partial charge is 0.494 e. The summed E-state index contributed by atoms with van der Waals surface area (Å²) in [4.78, 5) is 22.6. The number of carboxylic acid groups (broad SMARTS) is 1. The molecule has 2 N–H and O–H groups in total. The number of benzene rings is 2. The summed E-state index contributed by atoms with van der Waals surface area (Å²) in [6, 6.07) is 15.0. The first-order chi connectivity index (χ1) is 12.1. The number of nitrogens with one attached hydrogen (secondary N) is 1. The lowest BCUT2D eigenvalue weighted by Crippen LogP contribution is -2.12. The van der Waals surface area contributed by atoms with E-state index in [2.05, 4.69) is 5.32 Å². The molecule has 0 aromatic heterocycles. The van der Waals surface area contributed by atoms with Crippen LogP contribution in [0.25, 0.3) is 0 Å². The fourth-order valence-electron chi connectivity index (χ4n) is 2.41. The second-order valence-electron chi connectivity index (χ2n) is 5.72. The zero-order chi connectivity index (χ0) is 18.1. The molecule has 0 heterocycles. The van der Waals surface area contributed by atoms with Gasteiger partial charge < -0.3 is 15.2 Å². The summed E-state index contributed by atoms with van der Waals surface area (Å²) < 4.78 is 5.39. The van der Waals surface area contributed by atoms with Crippen LogP contribution in [0.5, 0.6) is 5.75 Å². The number of anilines is 1. The van der Waals surface area contributed by atoms with Crippen LogP contribution in [-0.2, 0) is 22.4 Å². The Morgan fingerprint density at radius 3 is 2.04 bits per heavy atom. The van der Waals surface area contributed by atoms with E-state index >= 15 is 0 Å². The lowest BCUT2D eigenvalue weighted by atomic mass is 10.1. The normalized spacial score (nSPS) is 10.3. The maximum atomic E-state index is 12.0. The number of amides is 1. The highest BCUT2D eigenvalue weighted by atomic mass is 16.5. The fraction of sp³-hybridized carbons (Fsp3) is 0.300. The Morgan fingerprint density at radius 1 is 0.920 bits per heavy atom. The van der Waals surface area contributed by atoms with Gasteiger partial charge in [-0.1, -0.05) is 24.3 Å². The first-order valence-electron chi connectivity index (χ1n) is 8.39. The molecule has 0 unspecified atom stereocenters. The van der Waals surface area contributed by atoms with E-state index in [-0.39, 0.29) is 12.3 Å². The third kappa shape index (κ3) is 6.67. The van der Waals surface area contributed by atoms with Gasteiger partial charge in [0.05, 0.1) is 6.61 Å². The lowest BCUT2D eigenvalue weighted by Gasteiger charge is -2.07. The molecule has 0 saturated heterocycles. The van der Waals surface area contributed by atoms with Crippen molar-refractivity contribution in [3.8, 4) is 5.75 Å². The number of carbonyl (C=O) groups is 2. The van der Waals surface area contributed by atoms with E-state index in [4.69, 9.17) is 9.84 Å². The standard InChI is InChI=1S/C20H23NO4/c1-2-25-18-11-5-16(6-12-18)7-13-19(22)21-17-9-3-15(4-10-17)8-14-20(23)24/h3-6,9-12H,2,7-8,13-14H2,1H3,(H,21,22)(H,23,24). The molecule has 5 nitrogen and oxygen atoms in total. The maximum Gasteiger partial charge on any atom is 0.303 e. The van der Waals surface area contributed by atoms with Gasteiger partial charge in [0.15, 0.2) is 0 Å². The molecule has 0 spiro atoms. The zero-order valence-electron chi connectivity index (χ0n) is 14.3. The lowest BCUT2D eigenvalue weighted by molar-refractivity contribution is -0.137. The van der Waals surface area contributed by atoms with Gasteiger partial charge in [-0.3, -0.25) is 9.59 Å². The number of aliphatic carboxylic acids is 1. The highest BCUT2D eigenvalue weighted by Gasteiger charge is 2.05. The number of ether oxygens (including phenoxy) is 1. The first-order valence-corrected chi connectivity index (χ1v) is 8.39. The minimum Gasteiger partial charge on any atom is -0.494 e. The van der Waals surface area contributed by atoms with Gasteiger partial charge in [0.1, 0.15) is 5.75 Å². The molecule has 0 atom stereocenters. The van der Waals surface area contributed by atoms with Crippen molar-refractivity contribution >= 4 is 17.6 Å². The molecule has 2 rings (SSSR count). The van der Waals surface area contributed by atoms with Crippen molar-refractivity contribution in [3.63, 3.8) is 0 Å². The number of hydrogen-bond acceptors (Lipinski definition) is 3. The first kappa shape index (κ1) is 18.5. The van der Waals surface area contributed by atoms with Gasteiger partial charge in [0.25, 0.3) is 0 Å². The Hall–Kier alpha value is -2.82. The summed E-state index contributed by atoms with van der Waals surface area (Å²) in [6.07, 6.45) is 1.65. The monoisotopic (exact) mass is 341 g/mol. The average molecular weight is 341 g/mol. The molecule has 0 fully saturated rings. The quantitative estimate of drug-likeness (QED) is 0.729. The van der Waals surface area contributed by atoms with Crippen LogP contribution in [-0.4, -0.2) is 23.6 Å². The molecule has 2 aromatic carbocycles. The van der Waals surface area contributed by atoms with Gasteiger partial charge in [-0.15, -0.1) is 0 Å². The highest BCUT2D eigenvalue weighted by Crippen LogP contribution is 2.15. The van der Waals surface area contributed by atoms with Gasteiger partial charge in [-0.25, -0.2) is 0 Å². The molecule has 2 aromatic rings. The van der Waals surface area contributed by atoms with E-state index in [0.717, 1.165) is 22.6 Å². The molecule has 25 heavy (non-hydrogen) atoms. The Balaban J connectivity index is 1.78. The Morgan fingerprint density at radius 2 is 1.48 bits per heavy atom. The molecule has 1 amide bonds. The van der Waals surface area contributed by atoms with Crippen molar-refractivity contribution in [1.29, 1.82) is 0 Å². The van der Waals surface area contributed by atoms with Crippen molar-refractivity contribution in [3.05, 3.63) is 59.7 Å². The molecule has 0 aliphatic carbocycles. The Labute approximate surface area is 147 Å². The molecule has 0 bridgehead atoms. The minimum atomic E-state index is -0.813. The summed E-state index contributed by atoms with van der Waals surface area (Å²) in [5.74, 6) is -0.0301. The summed E-state index contributed by atoms with van der Waals surface area (Å²) in [6.45, 7) is 2.58. The molecule has 132 valence electrons. The number of aryl methyl sites for hydroxylation is 2. The van der Waals surface area contributed by atoms with E-state index in [1.165, 1.54) is 0 Å². The van der Waals surface area contributed by atoms with E-state index in [0.29, 0.717) is 25.9 Å². The van der Waals surface area contributed by atoms with E-state index in [1.54, 1.807) is 12.1 Å². The molecule has 0 aliphatic rings. The van der Waals surface area contributed by atoms with Gasteiger partial charge in [0, 0.05) is 18.5 Å². The van der Waals surface area contributed by atoms with E-state index in [1.807, 2.05) is 43.3 Å². The molecule has 0 saturated carbocycles. The maximum absolute atomic E-state index is 12.0. The zero-order valence-corrected chi connectivity index (χ0v) is 14.3. The molecule has 5 heteroatoms. The summed E-state index contributed by atoms with van der Waals surface area (Å²) in [5.41, 5.74) is 2.74. The van der Waals surface area contributed by atoms with Crippen LogP contribution >= 0.6 is 0 Å². The second kappa shape index (κ2) is 9.47. The number of hydrogen-bond donors (Lipinski definition) is 2. The predicted molar refractivity (Wildman–Crippen MR) is 97.0 cm³/mol. The molecule has 0 radical (unpaired) electrons. The van der Waals surface area contributed by atoms with E-state index < -0.39 is 5.97 Å². The molecule has 0 aliphatic heterocycles. The Bertz CT molecular complexity index is 693. The summed E-state index contributed by atoms with van der Waals surface area (Å²) in [7, 11) is 0. The predicted octanol–water partition coefficient (Wildman–Crippen LogP) is 3.67. The van der Waals surface area contributed by atoms with Crippen LogP contribution in [0.15, 0.2) is 48.5 Å². The fourth-order valence-corrected chi connectivity index (χ4v) is 2.41. The van der Waals surface area contributed by atoms with E-state index in [9.17, 15) is 9.59 Å². The number of rotatable bonds is 9. The van der Waals surface area contributed by atoms with Gasteiger partial charge in [-0.05, 0) is 55.2 Å². The van der Waals surface area contributed by atoms with Crippen LogP contribution in [0.3, 0.4) is 0 Å². The SMILES string of the molecule is CCOc1ccc(CCC(=O)Nc2ccc(CCC(=O)O)cc2)cc1. The number of carbonyl (C=O) groups excluding carboxylic acids is 1. The van der Waals surface area contributed by atoms with Crippen LogP contribution in [0, 0.1) is 0 Å². The highest BCUT2D eigenvalue weighted by molar-refractivity contribution is 5.90. The van der Waals surface area contributed by atoms with Crippen molar-refractivity contribution in [2.45, 2.75) is 32.6 Å². The topological polar surface area (TPSA) is 75.6 Å². The molecular weight excluding hydrogens is 318 g/mol. The summed E-state index contributed by atoms with van der Waals surface area (Å²) in [5, 5.41) is 11.5. The second-order valence-corrected chi connectivity index (χ2v) is 5.72. The van der Waals surface area contributed by atoms with Crippen molar-refractivity contribution < 1.29 is 19.4 Å². The van der Waals surface area contributed by atoms with Crippen LogP contribution in [0.1, 0.15) is 30.9 Å². The van der Waals surface area contributed by atoms with Crippen LogP contribution in [0.2, 0.25) is 0 Å². The van der Waals surface area contributed by atoms with Crippen molar-refractivity contribution in [2.24, 2.45) is 0 Å². The smallest absolute Gasteiger partial charge is 0.303 e. The third-order valence-electron chi connectivity index (χ3n) is 3.74. The minimum absolute atomic E-state index is 0.0489.